The van der Waals surface area contributed by atoms with Crippen LogP contribution in [0.1, 0.15) is 10.4 Å². The number of carbonyl (C=O) groups is 1. The molecule has 0 aliphatic rings. The lowest BCUT2D eigenvalue weighted by Crippen LogP contribution is -2.29. The van der Waals surface area contributed by atoms with Gasteiger partial charge in [-0.15, -0.1) is 0 Å². The van der Waals surface area contributed by atoms with Crippen molar-refractivity contribution in [3.63, 3.8) is 0 Å². The van der Waals surface area contributed by atoms with Crippen molar-refractivity contribution in [2.75, 3.05) is 47.6 Å². The number of amides is 1. The second kappa shape index (κ2) is 9.46. The average molecular weight is 346 g/mol. The largest absolute Gasteiger partial charge is 0.495 e. The Hall–Kier alpha value is -1.68. The summed E-state index contributed by atoms with van der Waals surface area (Å²) in [7, 11) is 0.543. The number of methoxy groups -OCH3 is 3. The van der Waals surface area contributed by atoms with E-state index in [0.717, 1.165) is 0 Å². The molecule has 0 saturated carbocycles. The third-order valence-corrected chi connectivity index (χ3v) is 4.39. The van der Waals surface area contributed by atoms with Crippen LogP contribution in [-0.4, -0.2) is 62.0 Å². The summed E-state index contributed by atoms with van der Waals surface area (Å²) in [5.41, 5.74) is 0.217. The van der Waals surface area contributed by atoms with E-state index in [2.05, 4.69) is 10.0 Å². The molecule has 1 rings (SSSR count). The topological polar surface area (TPSA) is 103 Å². The monoisotopic (exact) mass is 346 g/mol. The highest BCUT2D eigenvalue weighted by atomic mass is 32.2. The number of benzene rings is 1. The van der Waals surface area contributed by atoms with E-state index in [0.29, 0.717) is 13.2 Å². The fourth-order valence-electron chi connectivity index (χ4n) is 1.75. The molecule has 23 heavy (non-hydrogen) atoms. The first-order valence-corrected chi connectivity index (χ1v) is 8.38. The zero-order valence-electron chi connectivity index (χ0n) is 13.4. The number of ether oxygens (including phenoxy) is 3. The van der Waals surface area contributed by atoms with Crippen LogP contribution in [0, 0.1) is 0 Å². The van der Waals surface area contributed by atoms with E-state index in [9.17, 15) is 13.2 Å². The van der Waals surface area contributed by atoms with E-state index in [1.54, 1.807) is 0 Å². The van der Waals surface area contributed by atoms with E-state index in [4.69, 9.17) is 14.2 Å². The Kier molecular flexibility index (Phi) is 7.96. The Morgan fingerprint density at radius 1 is 1.09 bits per heavy atom. The summed E-state index contributed by atoms with van der Waals surface area (Å²) in [4.78, 5) is 11.9. The highest BCUT2D eigenvalue weighted by Gasteiger charge is 2.21. The molecule has 0 heterocycles. The Morgan fingerprint density at radius 3 is 2.35 bits per heavy atom. The first-order valence-electron chi connectivity index (χ1n) is 6.90. The Labute approximate surface area is 136 Å². The maximum atomic E-state index is 12.3. The minimum Gasteiger partial charge on any atom is -0.495 e. The molecule has 0 aliphatic carbocycles. The molecule has 1 aromatic rings. The van der Waals surface area contributed by atoms with Gasteiger partial charge in [0.2, 0.25) is 10.0 Å². The lowest BCUT2D eigenvalue weighted by molar-refractivity contribution is 0.0937. The quantitative estimate of drug-likeness (QED) is 0.578. The van der Waals surface area contributed by atoms with Gasteiger partial charge in [0.15, 0.2) is 0 Å². The first-order chi connectivity index (χ1) is 11.0. The van der Waals surface area contributed by atoms with Crippen LogP contribution in [0.4, 0.5) is 0 Å². The van der Waals surface area contributed by atoms with Crippen LogP contribution in [0.25, 0.3) is 0 Å². The second-order valence-electron chi connectivity index (χ2n) is 4.50. The van der Waals surface area contributed by atoms with Crippen molar-refractivity contribution in [3.05, 3.63) is 23.8 Å². The van der Waals surface area contributed by atoms with Crippen LogP contribution >= 0.6 is 0 Å². The van der Waals surface area contributed by atoms with Crippen LogP contribution in [0.3, 0.4) is 0 Å². The van der Waals surface area contributed by atoms with Crippen LogP contribution in [0.15, 0.2) is 23.1 Å². The van der Waals surface area contributed by atoms with Crippen molar-refractivity contribution >= 4 is 15.9 Å². The molecular formula is C14H22N2O6S. The molecule has 130 valence electrons. The minimum atomic E-state index is -3.82. The summed E-state index contributed by atoms with van der Waals surface area (Å²) < 4.78 is 41.8. The molecule has 0 atom stereocenters. The van der Waals surface area contributed by atoms with Crippen molar-refractivity contribution in [3.8, 4) is 5.75 Å². The van der Waals surface area contributed by atoms with E-state index in [1.807, 2.05) is 0 Å². The van der Waals surface area contributed by atoms with Gasteiger partial charge in [0, 0.05) is 32.9 Å². The number of sulfonamides is 1. The van der Waals surface area contributed by atoms with Gasteiger partial charge in [0.05, 0.1) is 20.3 Å². The Balaban J connectivity index is 3.01. The van der Waals surface area contributed by atoms with Gasteiger partial charge in [-0.2, -0.15) is 0 Å². The van der Waals surface area contributed by atoms with Gasteiger partial charge in [-0.25, -0.2) is 13.1 Å². The van der Waals surface area contributed by atoms with Gasteiger partial charge in [0.1, 0.15) is 10.6 Å². The summed E-state index contributed by atoms with van der Waals surface area (Å²) in [6.07, 6.45) is 0. The molecule has 1 aromatic carbocycles. The lowest BCUT2D eigenvalue weighted by Gasteiger charge is -2.12. The fourth-order valence-corrected chi connectivity index (χ4v) is 2.96. The van der Waals surface area contributed by atoms with Gasteiger partial charge >= 0.3 is 0 Å². The summed E-state index contributed by atoms with van der Waals surface area (Å²) in [6, 6.07) is 4.21. The van der Waals surface area contributed by atoms with E-state index < -0.39 is 15.9 Å². The van der Waals surface area contributed by atoms with Crippen molar-refractivity contribution in [2.45, 2.75) is 4.90 Å². The smallest absolute Gasteiger partial charge is 0.251 e. The first kappa shape index (κ1) is 19.4. The minimum absolute atomic E-state index is 0.101. The molecule has 1 amide bonds. The van der Waals surface area contributed by atoms with Crippen LogP contribution in [0.5, 0.6) is 5.75 Å². The Morgan fingerprint density at radius 2 is 1.74 bits per heavy atom. The molecule has 0 aromatic heterocycles. The molecule has 0 aliphatic heterocycles. The van der Waals surface area contributed by atoms with Gasteiger partial charge in [-0.3, -0.25) is 4.79 Å². The van der Waals surface area contributed by atoms with Gasteiger partial charge in [-0.1, -0.05) is 0 Å². The summed E-state index contributed by atoms with van der Waals surface area (Å²) in [5, 5.41) is 2.63. The van der Waals surface area contributed by atoms with E-state index >= 15 is 0 Å². The summed E-state index contributed by atoms with van der Waals surface area (Å²) >= 11 is 0. The maximum Gasteiger partial charge on any atom is 0.251 e. The normalized spacial score (nSPS) is 11.3. The van der Waals surface area contributed by atoms with Crippen LogP contribution in [-0.2, 0) is 19.5 Å². The van der Waals surface area contributed by atoms with E-state index in [1.165, 1.54) is 39.5 Å². The molecular weight excluding hydrogens is 324 g/mol. The molecule has 0 fully saturated rings. The third-order valence-electron chi connectivity index (χ3n) is 2.91. The molecule has 0 radical (unpaired) electrons. The molecule has 9 heteroatoms. The summed E-state index contributed by atoms with van der Waals surface area (Å²) in [6.45, 7) is 1.05. The van der Waals surface area contributed by atoms with Crippen molar-refractivity contribution in [1.29, 1.82) is 0 Å². The zero-order chi connectivity index (χ0) is 17.3. The van der Waals surface area contributed by atoms with Gasteiger partial charge in [-0.05, 0) is 18.2 Å². The lowest BCUT2D eigenvalue weighted by atomic mass is 10.2. The number of hydrogen-bond donors (Lipinski definition) is 2. The third kappa shape index (κ3) is 5.79. The molecule has 0 unspecified atom stereocenters. The van der Waals surface area contributed by atoms with Crippen LogP contribution < -0.4 is 14.8 Å². The number of nitrogens with one attached hydrogen (secondary N) is 2. The Bertz CT molecular complexity index is 618. The highest BCUT2D eigenvalue weighted by Crippen LogP contribution is 2.24. The second-order valence-corrected chi connectivity index (χ2v) is 6.24. The average Bonchev–Trinajstić information content (AvgIpc) is 2.54. The van der Waals surface area contributed by atoms with Crippen molar-refractivity contribution in [2.24, 2.45) is 0 Å². The molecule has 0 saturated heterocycles. The van der Waals surface area contributed by atoms with Crippen molar-refractivity contribution in [1.82, 2.24) is 10.0 Å². The van der Waals surface area contributed by atoms with Crippen LogP contribution in [0.2, 0.25) is 0 Å². The highest BCUT2D eigenvalue weighted by molar-refractivity contribution is 7.89. The summed E-state index contributed by atoms with van der Waals surface area (Å²) in [5.74, 6) is -0.235. The molecule has 0 bridgehead atoms. The molecule has 0 spiro atoms. The zero-order valence-corrected chi connectivity index (χ0v) is 14.2. The number of hydrogen-bond acceptors (Lipinski definition) is 6. The predicted molar refractivity (Wildman–Crippen MR) is 84.3 cm³/mol. The predicted octanol–water partition coefficient (Wildman–Crippen LogP) is -0.00390. The number of carbonyl (C=O) groups excluding carboxylic acids is 1. The van der Waals surface area contributed by atoms with Gasteiger partial charge in [0.25, 0.3) is 5.91 Å². The standard InChI is InChI=1S/C14H22N2O6S/c1-20-8-6-15-14(17)11-4-5-12(22-3)13(10-11)23(18,19)16-7-9-21-2/h4-5,10,16H,6-9H2,1-3H3,(H,15,17). The SMILES string of the molecule is COCCNC(=O)c1ccc(OC)c(S(=O)(=O)NCCOC)c1. The van der Waals surface area contributed by atoms with E-state index in [-0.39, 0.29) is 29.4 Å². The molecule has 2 N–H and O–H groups in total. The van der Waals surface area contributed by atoms with Gasteiger partial charge < -0.3 is 19.5 Å². The fraction of sp³-hybridized carbons (Fsp3) is 0.500. The number of rotatable bonds is 10. The maximum absolute atomic E-state index is 12.3. The molecule has 8 nitrogen and oxygen atoms in total. The van der Waals surface area contributed by atoms with Crippen molar-refractivity contribution < 1.29 is 27.4 Å².